The minimum absolute atomic E-state index is 0.00565. The van der Waals surface area contributed by atoms with Crippen LogP contribution in [0.4, 0.5) is 0 Å². The van der Waals surface area contributed by atoms with Gasteiger partial charge < -0.3 is 9.64 Å². The zero-order valence-corrected chi connectivity index (χ0v) is 7.85. The number of nitrogens with zero attached hydrogens (tertiary/aromatic N) is 2. The van der Waals surface area contributed by atoms with Crippen LogP contribution in [0.15, 0.2) is 24.4 Å². The van der Waals surface area contributed by atoms with Crippen molar-refractivity contribution in [3.63, 3.8) is 0 Å². The second-order valence-electron chi connectivity index (χ2n) is 3.12. The maximum Gasteiger partial charge on any atom is 0.272 e. The first-order valence-corrected chi connectivity index (χ1v) is 4.66. The van der Waals surface area contributed by atoms with Gasteiger partial charge in [0.25, 0.3) is 5.91 Å². The summed E-state index contributed by atoms with van der Waals surface area (Å²) < 4.78 is 5.17. The predicted octanol–water partition coefficient (Wildman–Crippen LogP) is 0.554. The molecule has 2 rings (SSSR count). The Hall–Kier alpha value is -1.42. The summed E-state index contributed by atoms with van der Waals surface area (Å²) in [7, 11) is 0. The smallest absolute Gasteiger partial charge is 0.272 e. The van der Waals surface area contributed by atoms with E-state index in [9.17, 15) is 4.79 Å². The van der Waals surface area contributed by atoms with Crippen molar-refractivity contribution in [3.05, 3.63) is 30.1 Å². The van der Waals surface area contributed by atoms with Crippen LogP contribution in [-0.2, 0) is 4.74 Å². The van der Waals surface area contributed by atoms with Crippen LogP contribution in [0, 0.1) is 0 Å². The molecule has 1 fully saturated rings. The molecule has 0 saturated carbocycles. The monoisotopic (exact) mass is 192 g/mol. The Bertz CT molecular complexity index is 307. The van der Waals surface area contributed by atoms with Crippen molar-refractivity contribution in [2.75, 3.05) is 26.3 Å². The van der Waals surface area contributed by atoms with E-state index >= 15 is 0 Å². The molecule has 4 nitrogen and oxygen atoms in total. The lowest BCUT2D eigenvalue weighted by molar-refractivity contribution is 0.0299. The first kappa shape index (κ1) is 9.15. The van der Waals surface area contributed by atoms with Gasteiger partial charge in [-0.15, -0.1) is 0 Å². The number of pyridine rings is 1. The molecule has 14 heavy (non-hydrogen) atoms. The van der Waals surface area contributed by atoms with Crippen LogP contribution in [-0.4, -0.2) is 42.1 Å². The molecular formula is C10H12N2O2. The van der Waals surface area contributed by atoms with Crippen LogP contribution < -0.4 is 0 Å². The van der Waals surface area contributed by atoms with Crippen molar-refractivity contribution in [1.29, 1.82) is 0 Å². The van der Waals surface area contributed by atoms with Gasteiger partial charge in [-0.3, -0.25) is 9.78 Å². The number of hydrogen-bond acceptors (Lipinski definition) is 3. The van der Waals surface area contributed by atoms with Gasteiger partial charge >= 0.3 is 0 Å². The minimum Gasteiger partial charge on any atom is -0.378 e. The average Bonchev–Trinajstić information content (AvgIpc) is 2.30. The average molecular weight is 192 g/mol. The van der Waals surface area contributed by atoms with Crippen molar-refractivity contribution >= 4 is 5.91 Å². The number of amides is 1. The first-order chi connectivity index (χ1) is 6.88. The van der Waals surface area contributed by atoms with Crippen molar-refractivity contribution in [2.24, 2.45) is 0 Å². The highest BCUT2D eigenvalue weighted by Crippen LogP contribution is 2.03. The maximum atomic E-state index is 11.8. The molecule has 0 atom stereocenters. The quantitative estimate of drug-likeness (QED) is 0.652. The second kappa shape index (κ2) is 4.19. The lowest BCUT2D eigenvalue weighted by atomic mass is 10.3. The Morgan fingerprint density at radius 3 is 2.79 bits per heavy atom. The molecule has 4 heteroatoms. The van der Waals surface area contributed by atoms with Crippen molar-refractivity contribution in [3.8, 4) is 0 Å². The van der Waals surface area contributed by atoms with Crippen LogP contribution >= 0.6 is 0 Å². The summed E-state index contributed by atoms with van der Waals surface area (Å²) in [5, 5.41) is 0. The van der Waals surface area contributed by atoms with Crippen LogP contribution in [0.1, 0.15) is 10.5 Å². The van der Waals surface area contributed by atoms with Crippen molar-refractivity contribution in [2.45, 2.75) is 0 Å². The summed E-state index contributed by atoms with van der Waals surface area (Å²) in [6.07, 6.45) is 1.63. The molecule has 0 N–H and O–H groups in total. The van der Waals surface area contributed by atoms with E-state index in [0.717, 1.165) is 0 Å². The molecular weight excluding hydrogens is 180 g/mol. The van der Waals surface area contributed by atoms with Crippen LogP contribution in [0.2, 0.25) is 0 Å². The van der Waals surface area contributed by atoms with E-state index in [0.29, 0.717) is 32.0 Å². The molecule has 0 unspecified atom stereocenters. The molecule has 0 aromatic carbocycles. The summed E-state index contributed by atoms with van der Waals surface area (Å²) in [5.41, 5.74) is 0.509. The molecule has 74 valence electrons. The van der Waals surface area contributed by atoms with Gasteiger partial charge in [-0.25, -0.2) is 0 Å². The summed E-state index contributed by atoms with van der Waals surface area (Å²) >= 11 is 0. The maximum absolute atomic E-state index is 11.8. The van der Waals surface area contributed by atoms with Gasteiger partial charge in [-0.05, 0) is 12.1 Å². The number of aromatic nitrogens is 1. The van der Waals surface area contributed by atoms with Gasteiger partial charge in [0.05, 0.1) is 13.2 Å². The predicted molar refractivity (Wildman–Crippen MR) is 51.0 cm³/mol. The largest absolute Gasteiger partial charge is 0.378 e. The van der Waals surface area contributed by atoms with E-state index in [4.69, 9.17) is 4.74 Å². The van der Waals surface area contributed by atoms with Crippen molar-refractivity contribution < 1.29 is 9.53 Å². The number of carbonyl (C=O) groups is 1. The minimum atomic E-state index is -0.00565. The van der Waals surface area contributed by atoms with E-state index < -0.39 is 0 Å². The molecule has 2 heterocycles. The Morgan fingerprint density at radius 1 is 1.36 bits per heavy atom. The molecule has 1 aliphatic heterocycles. The molecule has 1 aromatic heterocycles. The lowest BCUT2D eigenvalue weighted by Crippen LogP contribution is -2.40. The standard InChI is InChI=1S/C10H12N2O2/c13-10(9-3-1-2-4-11-9)12-5-7-14-8-6-12/h1-4H,5-8H2. The van der Waals surface area contributed by atoms with E-state index in [2.05, 4.69) is 4.98 Å². The fraction of sp³-hybridized carbons (Fsp3) is 0.400. The van der Waals surface area contributed by atoms with Gasteiger partial charge in [0.1, 0.15) is 5.69 Å². The molecule has 0 radical (unpaired) electrons. The van der Waals surface area contributed by atoms with Gasteiger partial charge in [0.2, 0.25) is 0 Å². The number of rotatable bonds is 1. The Morgan fingerprint density at radius 2 is 2.14 bits per heavy atom. The highest BCUT2D eigenvalue weighted by molar-refractivity contribution is 5.92. The number of ether oxygens (including phenoxy) is 1. The molecule has 1 saturated heterocycles. The Balaban J connectivity index is 2.07. The first-order valence-electron chi connectivity index (χ1n) is 4.66. The fourth-order valence-electron chi connectivity index (χ4n) is 1.42. The van der Waals surface area contributed by atoms with Crippen molar-refractivity contribution in [1.82, 2.24) is 9.88 Å². The van der Waals surface area contributed by atoms with Crippen LogP contribution in [0.5, 0.6) is 0 Å². The molecule has 0 bridgehead atoms. The van der Waals surface area contributed by atoms with E-state index in [1.54, 1.807) is 23.2 Å². The molecule has 0 spiro atoms. The highest BCUT2D eigenvalue weighted by Gasteiger charge is 2.18. The van der Waals surface area contributed by atoms with Crippen LogP contribution in [0.25, 0.3) is 0 Å². The zero-order valence-electron chi connectivity index (χ0n) is 7.85. The zero-order chi connectivity index (χ0) is 9.80. The molecule has 1 amide bonds. The summed E-state index contributed by atoms with van der Waals surface area (Å²) in [5.74, 6) is -0.00565. The van der Waals surface area contributed by atoms with E-state index in [-0.39, 0.29) is 5.91 Å². The highest BCUT2D eigenvalue weighted by atomic mass is 16.5. The second-order valence-corrected chi connectivity index (χ2v) is 3.12. The topological polar surface area (TPSA) is 42.4 Å². The molecule has 1 aliphatic rings. The van der Waals surface area contributed by atoms with E-state index in [1.165, 1.54) is 0 Å². The molecule has 0 aliphatic carbocycles. The Labute approximate surface area is 82.5 Å². The summed E-state index contributed by atoms with van der Waals surface area (Å²) in [6, 6.07) is 5.36. The van der Waals surface area contributed by atoms with Gasteiger partial charge in [0, 0.05) is 19.3 Å². The summed E-state index contributed by atoms with van der Waals surface area (Å²) in [4.78, 5) is 17.6. The lowest BCUT2D eigenvalue weighted by Gasteiger charge is -2.26. The SMILES string of the molecule is O=C(c1ccccn1)N1CCOCC1. The fourth-order valence-corrected chi connectivity index (χ4v) is 1.42. The third kappa shape index (κ3) is 1.90. The Kier molecular flexibility index (Phi) is 2.74. The van der Waals surface area contributed by atoms with Gasteiger partial charge in [-0.2, -0.15) is 0 Å². The van der Waals surface area contributed by atoms with Crippen LogP contribution in [0.3, 0.4) is 0 Å². The van der Waals surface area contributed by atoms with E-state index in [1.807, 2.05) is 6.07 Å². The van der Waals surface area contributed by atoms with Gasteiger partial charge in [0.15, 0.2) is 0 Å². The number of carbonyl (C=O) groups excluding carboxylic acids is 1. The number of hydrogen-bond donors (Lipinski definition) is 0. The summed E-state index contributed by atoms with van der Waals surface area (Å²) in [6.45, 7) is 2.57. The normalized spacial score (nSPS) is 16.7. The third-order valence-electron chi connectivity index (χ3n) is 2.18. The third-order valence-corrected chi connectivity index (χ3v) is 2.18. The molecule has 1 aromatic rings. The van der Waals surface area contributed by atoms with Gasteiger partial charge in [-0.1, -0.05) is 6.07 Å². The number of morpholine rings is 1.